The van der Waals surface area contributed by atoms with Crippen molar-refractivity contribution in [2.24, 2.45) is 0 Å². The van der Waals surface area contributed by atoms with Crippen LogP contribution in [-0.4, -0.2) is 39.1 Å². The van der Waals surface area contributed by atoms with Gasteiger partial charge in [0.2, 0.25) is 0 Å². The molecule has 0 bridgehead atoms. The fourth-order valence-corrected chi connectivity index (χ4v) is 2.82. The molecule has 1 amide bonds. The predicted octanol–water partition coefficient (Wildman–Crippen LogP) is 2.36. The third-order valence-corrected chi connectivity index (χ3v) is 3.96. The van der Waals surface area contributed by atoms with E-state index < -0.39 is 0 Å². The maximum Gasteiger partial charge on any atom is 0.326 e. The minimum absolute atomic E-state index is 0.0896. The highest BCUT2D eigenvalue weighted by atomic mass is 16.5. The molecule has 0 aliphatic heterocycles. The summed E-state index contributed by atoms with van der Waals surface area (Å²) in [5.41, 5.74) is 2.23. The monoisotopic (exact) mass is 366 g/mol. The van der Waals surface area contributed by atoms with Crippen molar-refractivity contribution in [1.82, 2.24) is 19.9 Å². The van der Waals surface area contributed by atoms with Crippen molar-refractivity contribution in [3.8, 4) is 0 Å². The molecule has 140 valence electrons. The highest BCUT2D eigenvalue weighted by molar-refractivity contribution is 5.93. The number of hydrogen-bond acceptors (Lipinski definition) is 5. The first kappa shape index (κ1) is 18.6. The van der Waals surface area contributed by atoms with Crippen LogP contribution in [0.15, 0.2) is 48.8 Å². The van der Waals surface area contributed by atoms with Crippen molar-refractivity contribution in [2.75, 3.05) is 6.54 Å². The second-order valence-electron chi connectivity index (χ2n) is 6.38. The van der Waals surface area contributed by atoms with Gasteiger partial charge in [-0.3, -0.25) is 14.6 Å². The molecule has 27 heavy (non-hydrogen) atoms. The molecule has 2 aromatic heterocycles. The molecule has 3 rings (SSSR count). The number of imidazole rings is 1. The summed E-state index contributed by atoms with van der Waals surface area (Å²) in [7, 11) is 0. The largest absolute Gasteiger partial charge is 0.462 e. The van der Waals surface area contributed by atoms with E-state index >= 15 is 0 Å². The van der Waals surface area contributed by atoms with Gasteiger partial charge in [0.1, 0.15) is 12.4 Å². The third kappa shape index (κ3) is 4.69. The van der Waals surface area contributed by atoms with E-state index in [1.165, 1.54) is 0 Å². The molecule has 0 aliphatic rings. The van der Waals surface area contributed by atoms with Crippen LogP contribution in [0, 0.1) is 0 Å². The molecule has 1 aromatic carbocycles. The van der Waals surface area contributed by atoms with Crippen LogP contribution in [0.5, 0.6) is 0 Å². The first-order chi connectivity index (χ1) is 13.0. The summed E-state index contributed by atoms with van der Waals surface area (Å²) >= 11 is 0. The lowest BCUT2D eigenvalue weighted by molar-refractivity contribution is -0.148. The lowest BCUT2D eigenvalue weighted by atomic mass is 10.2. The van der Waals surface area contributed by atoms with E-state index in [1.54, 1.807) is 24.5 Å². The van der Waals surface area contributed by atoms with Crippen molar-refractivity contribution >= 4 is 22.9 Å². The smallest absolute Gasteiger partial charge is 0.326 e. The van der Waals surface area contributed by atoms with Crippen LogP contribution in [-0.2, 0) is 22.5 Å². The summed E-state index contributed by atoms with van der Waals surface area (Å²) in [6.45, 7) is 4.13. The van der Waals surface area contributed by atoms with Gasteiger partial charge in [-0.05, 0) is 38.1 Å². The van der Waals surface area contributed by atoms with Crippen molar-refractivity contribution in [1.29, 1.82) is 0 Å². The van der Waals surface area contributed by atoms with Crippen molar-refractivity contribution < 1.29 is 14.3 Å². The van der Waals surface area contributed by atoms with Crippen LogP contribution >= 0.6 is 0 Å². The van der Waals surface area contributed by atoms with Crippen molar-refractivity contribution in [3.05, 3.63) is 60.2 Å². The molecule has 0 radical (unpaired) electrons. The molecule has 0 saturated carbocycles. The number of amides is 1. The Morgan fingerprint density at radius 3 is 2.63 bits per heavy atom. The quantitative estimate of drug-likeness (QED) is 0.649. The Bertz CT molecular complexity index is 935. The van der Waals surface area contributed by atoms with E-state index in [-0.39, 0.29) is 24.5 Å². The number of pyridine rings is 1. The normalized spacial score (nSPS) is 10.9. The fraction of sp³-hybridized carbons (Fsp3) is 0.300. The lowest BCUT2D eigenvalue weighted by Crippen LogP contribution is -2.27. The second-order valence-corrected chi connectivity index (χ2v) is 6.38. The molecule has 7 nitrogen and oxygen atoms in total. The minimum Gasteiger partial charge on any atom is -0.462 e. The van der Waals surface area contributed by atoms with Gasteiger partial charge in [-0.2, -0.15) is 0 Å². The number of carbonyl (C=O) groups excluding carboxylic acids is 2. The predicted molar refractivity (Wildman–Crippen MR) is 101 cm³/mol. The number of para-hydroxylation sites is 2. The summed E-state index contributed by atoms with van der Waals surface area (Å²) in [6.07, 6.45) is 3.49. The van der Waals surface area contributed by atoms with E-state index in [2.05, 4.69) is 15.3 Å². The summed E-state index contributed by atoms with van der Waals surface area (Å²) < 4.78 is 7.11. The van der Waals surface area contributed by atoms with E-state index in [1.807, 2.05) is 42.7 Å². The van der Waals surface area contributed by atoms with Crippen molar-refractivity contribution in [2.45, 2.75) is 32.9 Å². The van der Waals surface area contributed by atoms with Crippen LogP contribution in [0.4, 0.5) is 0 Å². The third-order valence-electron chi connectivity index (χ3n) is 3.96. The molecule has 0 unspecified atom stereocenters. The standard InChI is InChI=1S/C20H22N4O3/c1-14(2)27-19(25)13-24-17-6-4-3-5-16(17)23-18(24)9-12-22-20(26)15-7-10-21-11-8-15/h3-8,10-11,14H,9,12-13H2,1-2H3,(H,22,26). The molecule has 1 N–H and O–H groups in total. The Morgan fingerprint density at radius 1 is 1.15 bits per heavy atom. The van der Waals surface area contributed by atoms with E-state index in [0.29, 0.717) is 18.5 Å². The second kappa shape index (κ2) is 8.44. The SMILES string of the molecule is CC(C)OC(=O)Cn1c(CCNC(=O)c2ccncc2)nc2ccccc21. The first-order valence-corrected chi connectivity index (χ1v) is 8.86. The zero-order chi connectivity index (χ0) is 19.2. The van der Waals surface area contributed by atoms with Gasteiger partial charge in [-0.25, -0.2) is 4.98 Å². The number of ether oxygens (including phenoxy) is 1. The molecule has 2 heterocycles. The fourth-order valence-electron chi connectivity index (χ4n) is 2.82. The van der Waals surface area contributed by atoms with Gasteiger partial charge in [-0.1, -0.05) is 12.1 Å². The summed E-state index contributed by atoms with van der Waals surface area (Å²) in [5, 5.41) is 2.87. The zero-order valence-electron chi connectivity index (χ0n) is 15.4. The Labute approximate surface area is 157 Å². The molecule has 7 heteroatoms. The number of esters is 1. The molecular weight excluding hydrogens is 344 g/mol. The van der Waals surface area contributed by atoms with Gasteiger partial charge in [0.15, 0.2) is 0 Å². The number of rotatable bonds is 7. The number of carbonyl (C=O) groups is 2. The van der Waals surface area contributed by atoms with Crippen LogP contribution in [0.1, 0.15) is 30.0 Å². The number of nitrogens with zero attached hydrogens (tertiary/aromatic N) is 3. The maximum atomic E-state index is 12.2. The average Bonchev–Trinajstić information content (AvgIpc) is 2.99. The number of nitrogens with one attached hydrogen (secondary N) is 1. The Morgan fingerprint density at radius 2 is 1.89 bits per heavy atom. The number of aromatic nitrogens is 3. The Kier molecular flexibility index (Phi) is 5.80. The molecule has 0 aliphatic carbocycles. The molecule has 0 atom stereocenters. The molecule has 0 fully saturated rings. The average molecular weight is 366 g/mol. The zero-order valence-corrected chi connectivity index (χ0v) is 15.4. The van der Waals surface area contributed by atoms with Gasteiger partial charge < -0.3 is 14.6 Å². The number of hydrogen-bond donors (Lipinski definition) is 1. The van der Waals surface area contributed by atoms with Gasteiger partial charge in [-0.15, -0.1) is 0 Å². The molecule has 3 aromatic rings. The summed E-state index contributed by atoms with van der Waals surface area (Å²) in [5.74, 6) is 0.251. The van der Waals surface area contributed by atoms with Gasteiger partial charge in [0, 0.05) is 30.9 Å². The maximum absolute atomic E-state index is 12.2. The topological polar surface area (TPSA) is 86.1 Å². The van der Waals surface area contributed by atoms with E-state index in [0.717, 1.165) is 16.9 Å². The first-order valence-electron chi connectivity index (χ1n) is 8.86. The van der Waals surface area contributed by atoms with E-state index in [9.17, 15) is 9.59 Å². The van der Waals surface area contributed by atoms with Crippen LogP contribution < -0.4 is 5.32 Å². The Hall–Kier alpha value is -3.22. The highest BCUT2D eigenvalue weighted by Crippen LogP contribution is 2.16. The van der Waals surface area contributed by atoms with Gasteiger partial charge in [0.25, 0.3) is 5.91 Å². The molecule has 0 spiro atoms. The van der Waals surface area contributed by atoms with Gasteiger partial charge in [0.05, 0.1) is 17.1 Å². The van der Waals surface area contributed by atoms with E-state index in [4.69, 9.17) is 4.74 Å². The van der Waals surface area contributed by atoms with Crippen LogP contribution in [0.25, 0.3) is 11.0 Å². The van der Waals surface area contributed by atoms with Crippen molar-refractivity contribution in [3.63, 3.8) is 0 Å². The molecular formula is C20H22N4O3. The van der Waals surface area contributed by atoms with Gasteiger partial charge >= 0.3 is 5.97 Å². The summed E-state index contributed by atoms with van der Waals surface area (Å²) in [6, 6.07) is 11.0. The highest BCUT2D eigenvalue weighted by Gasteiger charge is 2.15. The number of benzene rings is 1. The molecule has 0 saturated heterocycles. The summed E-state index contributed by atoms with van der Waals surface area (Å²) in [4.78, 5) is 32.8. The van der Waals surface area contributed by atoms with Crippen LogP contribution in [0.2, 0.25) is 0 Å². The minimum atomic E-state index is -0.310. The Balaban J connectivity index is 1.72. The lowest BCUT2D eigenvalue weighted by Gasteiger charge is -2.12. The number of fused-ring (bicyclic) bond motifs is 1. The van der Waals surface area contributed by atoms with Crippen LogP contribution in [0.3, 0.4) is 0 Å².